The van der Waals surface area contributed by atoms with Gasteiger partial charge in [0, 0.05) is 16.5 Å². The number of rotatable bonds is 3. The minimum atomic E-state index is -1.17. The molecule has 164 valence electrons. The highest BCUT2D eigenvalue weighted by Gasteiger charge is 2.26. The number of carbonyl (C=O) groups excluding carboxylic acids is 1. The van der Waals surface area contributed by atoms with Crippen LogP contribution in [0.2, 0.25) is 0 Å². The quantitative estimate of drug-likeness (QED) is 0.414. The lowest BCUT2D eigenvalue weighted by Crippen LogP contribution is -2.29. The summed E-state index contributed by atoms with van der Waals surface area (Å²) in [5.41, 5.74) is 9.07. The van der Waals surface area contributed by atoms with Crippen LogP contribution in [0.5, 0.6) is 0 Å². The summed E-state index contributed by atoms with van der Waals surface area (Å²) in [6.45, 7) is 5.83. The summed E-state index contributed by atoms with van der Waals surface area (Å²) in [5.74, 6) is -0.693. The number of carbonyl (C=O) groups is 1. The number of amidine groups is 1. The second-order valence-electron chi connectivity index (χ2n) is 6.40. The first kappa shape index (κ1) is 22.8. The van der Waals surface area contributed by atoms with Crippen LogP contribution in [-0.2, 0) is 9.53 Å². The number of amides is 1. The van der Waals surface area contributed by atoms with E-state index in [4.69, 9.17) is 15.9 Å². The lowest BCUT2D eigenvalue weighted by molar-refractivity contribution is -0.117. The number of hydrogen-bond acceptors (Lipinski definition) is 7. The summed E-state index contributed by atoms with van der Waals surface area (Å²) < 4.78 is 5.27. The van der Waals surface area contributed by atoms with Crippen LogP contribution in [0.15, 0.2) is 70.0 Å². The van der Waals surface area contributed by atoms with Crippen LogP contribution in [0.3, 0.4) is 0 Å². The fourth-order valence-electron chi connectivity index (χ4n) is 2.93. The highest BCUT2D eigenvalue weighted by Crippen LogP contribution is 2.24. The Balaban J connectivity index is 0.00000141. The maximum atomic E-state index is 12.7. The average molecular weight is 449 g/mol. The molecule has 0 bridgehead atoms. The number of para-hydroxylation sites is 1. The average Bonchev–Trinajstić information content (AvgIpc) is 3.20. The highest BCUT2D eigenvalue weighted by molar-refractivity contribution is 7.09. The summed E-state index contributed by atoms with van der Waals surface area (Å²) in [6, 6.07) is 16.6. The Morgan fingerprint density at radius 3 is 2.53 bits per heavy atom. The standard InChI is InChI=1S/C21H18N6O2S.C2H6/c1-12-24-16(11-30-12)18(22)29-21(23)27-19-20(28)25-15-10-6-5-9-14(15)17(26-19)13-7-3-2-4-8-13;1-2/h2-11,19,22H,1H3,(H2,23,27)(H,25,28);1-2H3. The minimum Gasteiger partial charge on any atom is -0.405 e. The van der Waals surface area contributed by atoms with E-state index >= 15 is 0 Å². The van der Waals surface area contributed by atoms with Gasteiger partial charge in [-0.05, 0) is 13.0 Å². The van der Waals surface area contributed by atoms with Crippen molar-refractivity contribution in [2.75, 3.05) is 5.32 Å². The van der Waals surface area contributed by atoms with Crippen LogP contribution in [0, 0.1) is 12.3 Å². The lowest BCUT2D eigenvalue weighted by Gasteiger charge is -2.09. The number of fused-ring (bicyclic) bond motifs is 1. The SMILES string of the molecule is CC.Cc1nc(C(=N)O/C(N)=N/C2N=C(c3ccccc3)c3ccccc3NC2=O)cs1. The summed E-state index contributed by atoms with van der Waals surface area (Å²) in [7, 11) is 0. The van der Waals surface area contributed by atoms with Crippen molar-refractivity contribution in [3.8, 4) is 0 Å². The number of ether oxygens (including phenoxy) is 1. The smallest absolute Gasteiger partial charge is 0.291 e. The number of aromatic nitrogens is 1. The highest BCUT2D eigenvalue weighted by atomic mass is 32.1. The number of benzodiazepines with no additional fused rings is 1. The van der Waals surface area contributed by atoms with E-state index in [9.17, 15) is 4.79 Å². The van der Waals surface area contributed by atoms with Gasteiger partial charge in [0.2, 0.25) is 12.1 Å². The molecular weight excluding hydrogens is 424 g/mol. The zero-order valence-corrected chi connectivity index (χ0v) is 18.8. The number of benzene rings is 2. The number of anilines is 1. The summed E-state index contributed by atoms with van der Waals surface area (Å²) in [4.78, 5) is 25.6. The molecule has 1 aliphatic heterocycles. The summed E-state index contributed by atoms with van der Waals surface area (Å²) >= 11 is 1.39. The lowest BCUT2D eigenvalue weighted by atomic mass is 10.0. The van der Waals surface area contributed by atoms with Gasteiger partial charge in [-0.3, -0.25) is 10.2 Å². The van der Waals surface area contributed by atoms with Crippen molar-refractivity contribution in [1.82, 2.24) is 4.98 Å². The van der Waals surface area contributed by atoms with E-state index in [1.54, 1.807) is 11.4 Å². The molecule has 4 N–H and O–H groups in total. The van der Waals surface area contributed by atoms with Gasteiger partial charge in [-0.1, -0.05) is 62.4 Å². The third kappa shape index (κ3) is 5.25. The topological polar surface area (TPSA) is 126 Å². The Bertz CT molecular complexity index is 1170. The first-order valence-corrected chi connectivity index (χ1v) is 10.9. The molecule has 0 saturated heterocycles. The molecule has 0 spiro atoms. The number of hydrogen-bond donors (Lipinski definition) is 3. The Kier molecular flexibility index (Phi) is 7.45. The normalized spacial score (nSPS) is 15.3. The Morgan fingerprint density at radius 1 is 1.16 bits per heavy atom. The zero-order valence-electron chi connectivity index (χ0n) is 18.0. The van der Waals surface area contributed by atoms with Gasteiger partial charge >= 0.3 is 0 Å². The van der Waals surface area contributed by atoms with E-state index in [0.717, 1.165) is 16.1 Å². The zero-order chi connectivity index (χ0) is 23.1. The third-order valence-corrected chi connectivity index (χ3v) is 5.05. The third-order valence-electron chi connectivity index (χ3n) is 4.28. The van der Waals surface area contributed by atoms with Gasteiger partial charge in [0.15, 0.2) is 0 Å². The Hall–Kier alpha value is -3.85. The van der Waals surface area contributed by atoms with Gasteiger partial charge < -0.3 is 15.8 Å². The Labute approximate surface area is 190 Å². The number of nitrogens with zero attached hydrogens (tertiary/aromatic N) is 3. The van der Waals surface area contributed by atoms with Gasteiger partial charge in [0.1, 0.15) is 5.69 Å². The predicted molar refractivity (Wildman–Crippen MR) is 129 cm³/mol. The van der Waals surface area contributed by atoms with Crippen LogP contribution in [0.1, 0.15) is 35.7 Å². The predicted octanol–water partition coefficient (Wildman–Crippen LogP) is 3.95. The number of thiazole rings is 1. The van der Waals surface area contributed by atoms with E-state index in [2.05, 4.69) is 20.3 Å². The van der Waals surface area contributed by atoms with E-state index < -0.39 is 12.1 Å². The summed E-state index contributed by atoms with van der Waals surface area (Å²) in [6.07, 6.45) is -1.17. The number of aryl methyl sites for hydroxylation is 1. The number of aliphatic imine (C=N–C) groups is 2. The molecule has 8 nitrogen and oxygen atoms in total. The molecule has 1 aromatic heterocycles. The van der Waals surface area contributed by atoms with E-state index in [1.807, 2.05) is 69.3 Å². The van der Waals surface area contributed by atoms with Crippen LogP contribution < -0.4 is 11.1 Å². The van der Waals surface area contributed by atoms with E-state index in [-0.39, 0.29) is 11.9 Å². The number of nitrogens with two attached hydrogens (primary N) is 1. The van der Waals surface area contributed by atoms with E-state index in [0.29, 0.717) is 17.1 Å². The van der Waals surface area contributed by atoms with Crippen molar-refractivity contribution >= 4 is 40.6 Å². The molecule has 0 fully saturated rings. The molecule has 0 aliphatic carbocycles. The molecular formula is C23H24N6O2S. The van der Waals surface area contributed by atoms with E-state index in [1.165, 1.54) is 11.3 Å². The Morgan fingerprint density at radius 2 is 1.84 bits per heavy atom. The van der Waals surface area contributed by atoms with Gasteiger partial charge in [0.25, 0.3) is 11.9 Å². The molecule has 32 heavy (non-hydrogen) atoms. The van der Waals surface area contributed by atoms with Gasteiger partial charge in [0.05, 0.1) is 16.4 Å². The first-order chi connectivity index (χ1) is 15.5. The van der Waals surface area contributed by atoms with Crippen LogP contribution >= 0.6 is 11.3 Å². The minimum absolute atomic E-state index is 0.245. The van der Waals surface area contributed by atoms with Gasteiger partial charge in [-0.25, -0.2) is 9.98 Å². The number of nitrogens with one attached hydrogen (secondary N) is 2. The van der Waals surface area contributed by atoms with Crippen molar-refractivity contribution in [1.29, 1.82) is 5.41 Å². The summed E-state index contributed by atoms with van der Waals surface area (Å²) in [5, 5.41) is 13.3. The van der Waals surface area contributed by atoms with Crippen molar-refractivity contribution in [3.05, 3.63) is 81.8 Å². The molecule has 1 aliphatic rings. The second kappa shape index (κ2) is 10.5. The molecule has 0 saturated carbocycles. The molecule has 1 amide bonds. The van der Waals surface area contributed by atoms with Gasteiger partial charge in [-0.15, -0.1) is 11.3 Å². The molecule has 4 rings (SSSR count). The van der Waals surface area contributed by atoms with Crippen molar-refractivity contribution < 1.29 is 9.53 Å². The van der Waals surface area contributed by atoms with Crippen molar-refractivity contribution in [3.63, 3.8) is 0 Å². The molecule has 1 atom stereocenters. The fraction of sp³-hybridized carbons (Fsp3) is 0.174. The van der Waals surface area contributed by atoms with Gasteiger partial charge in [-0.2, -0.15) is 4.99 Å². The molecule has 2 heterocycles. The van der Waals surface area contributed by atoms with Crippen LogP contribution in [-0.4, -0.2) is 34.7 Å². The van der Waals surface area contributed by atoms with Crippen molar-refractivity contribution in [2.45, 2.75) is 26.9 Å². The molecule has 9 heteroatoms. The largest absolute Gasteiger partial charge is 0.405 e. The molecule has 3 aromatic rings. The monoisotopic (exact) mass is 448 g/mol. The molecule has 0 radical (unpaired) electrons. The maximum Gasteiger partial charge on any atom is 0.291 e. The van der Waals surface area contributed by atoms with Crippen LogP contribution in [0.4, 0.5) is 5.69 Å². The van der Waals surface area contributed by atoms with Crippen LogP contribution in [0.25, 0.3) is 0 Å². The molecule has 2 aromatic carbocycles. The maximum absolute atomic E-state index is 12.7. The van der Waals surface area contributed by atoms with Crippen molar-refractivity contribution in [2.24, 2.45) is 15.7 Å². The molecule has 1 unspecified atom stereocenters. The first-order valence-electron chi connectivity index (χ1n) is 10.1. The fourth-order valence-corrected chi connectivity index (χ4v) is 3.52. The second-order valence-corrected chi connectivity index (χ2v) is 7.46.